The molecule has 0 aliphatic carbocycles. The van der Waals surface area contributed by atoms with Crippen LogP contribution in [0.1, 0.15) is 60.5 Å². The molecule has 0 unspecified atom stereocenters. The van der Waals surface area contributed by atoms with Crippen molar-refractivity contribution in [2.24, 2.45) is 23.7 Å². The van der Waals surface area contributed by atoms with Crippen molar-refractivity contribution < 1.29 is 38.0 Å². The SMILES string of the molecule is COCO[C@H]([C@H](C)CO[Si](c1ccccc1)(c1ccccc1)C(C)(C)C)[C@@H](C)C#C[C@H](O)[C@H](C)[C@H](OCOC)[C@H](C)CCOCc1ccc(OC)cc1. The Morgan fingerprint density at radius 3 is 1.75 bits per heavy atom. The van der Waals surface area contributed by atoms with Crippen molar-refractivity contribution in [3.05, 3.63) is 90.5 Å². The third-order valence-electron chi connectivity index (χ3n) is 9.97. The largest absolute Gasteiger partial charge is 0.497 e. The van der Waals surface area contributed by atoms with Crippen LogP contribution in [0.5, 0.6) is 5.75 Å². The highest BCUT2D eigenvalue weighted by Crippen LogP contribution is 2.37. The molecular weight excluding hydrogens is 685 g/mol. The molecule has 0 saturated heterocycles. The zero-order chi connectivity index (χ0) is 38.9. The van der Waals surface area contributed by atoms with Crippen LogP contribution >= 0.6 is 0 Å². The van der Waals surface area contributed by atoms with Gasteiger partial charge in [0, 0.05) is 45.2 Å². The Labute approximate surface area is 320 Å². The van der Waals surface area contributed by atoms with E-state index in [2.05, 4.69) is 107 Å². The molecule has 53 heavy (non-hydrogen) atoms. The van der Waals surface area contributed by atoms with E-state index in [0.29, 0.717) is 19.8 Å². The van der Waals surface area contributed by atoms with Crippen molar-refractivity contribution >= 4 is 18.7 Å². The lowest BCUT2D eigenvalue weighted by Crippen LogP contribution is -2.67. The molecule has 0 aliphatic heterocycles. The molecule has 0 aromatic heterocycles. The average molecular weight is 749 g/mol. The molecule has 3 aromatic rings. The zero-order valence-electron chi connectivity index (χ0n) is 33.7. The molecule has 3 aromatic carbocycles. The second-order valence-corrected chi connectivity index (χ2v) is 19.4. The van der Waals surface area contributed by atoms with E-state index in [1.54, 1.807) is 21.3 Å². The van der Waals surface area contributed by atoms with Gasteiger partial charge in [-0.1, -0.05) is 126 Å². The summed E-state index contributed by atoms with van der Waals surface area (Å²) in [6.07, 6.45) is -0.765. The van der Waals surface area contributed by atoms with Crippen molar-refractivity contribution in [3.63, 3.8) is 0 Å². The number of benzene rings is 3. The Kier molecular flexibility index (Phi) is 18.7. The first-order chi connectivity index (χ1) is 25.4. The smallest absolute Gasteiger partial charge is 0.261 e. The van der Waals surface area contributed by atoms with Crippen LogP contribution in [0.4, 0.5) is 0 Å². The number of aliphatic hydroxyl groups excluding tert-OH is 1. The van der Waals surface area contributed by atoms with Crippen molar-refractivity contribution in [1.29, 1.82) is 0 Å². The number of hydrogen-bond donors (Lipinski definition) is 1. The molecule has 0 bridgehead atoms. The van der Waals surface area contributed by atoms with E-state index in [9.17, 15) is 5.11 Å². The Balaban J connectivity index is 1.73. The van der Waals surface area contributed by atoms with Crippen LogP contribution in [0.15, 0.2) is 84.9 Å². The molecule has 0 heterocycles. The van der Waals surface area contributed by atoms with E-state index in [-0.39, 0.29) is 54.5 Å². The number of ether oxygens (including phenoxy) is 6. The molecule has 8 nitrogen and oxygen atoms in total. The van der Waals surface area contributed by atoms with E-state index >= 15 is 0 Å². The second-order valence-electron chi connectivity index (χ2n) is 15.1. The maximum absolute atomic E-state index is 11.4. The maximum atomic E-state index is 11.4. The summed E-state index contributed by atoms with van der Waals surface area (Å²) in [5, 5.41) is 13.7. The first-order valence-corrected chi connectivity index (χ1v) is 20.7. The number of rotatable bonds is 22. The fourth-order valence-electron chi connectivity index (χ4n) is 7.00. The second kappa shape index (κ2) is 22.4. The first-order valence-electron chi connectivity index (χ1n) is 18.7. The summed E-state index contributed by atoms with van der Waals surface area (Å²) < 4.78 is 41.5. The lowest BCUT2D eigenvalue weighted by Gasteiger charge is -2.44. The van der Waals surface area contributed by atoms with Gasteiger partial charge < -0.3 is 38.0 Å². The van der Waals surface area contributed by atoms with Crippen LogP contribution in [0.3, 0.4) is 0 Å². The van der Waals surface area contributed by atoms with Crippen LogP contribution < -0.4 is 15.1 Å². The Hall–Kier alpha value is -3.04. The highest BCUT2D eigenvalue weighted by Gasteiger charge is 2.50. The van der Waals surface area contributed by atoms with Crippen LogP contribution in [0.2, 0.25) is 5.04 Å². The molecular formula is C44H64O8Si. The first kappa shape index (κ1) is 44.4. The fourth-order valence-corrected chi connectivity index (χ4v) is 11.7. The predicted molar refractivity (Wildman–Crippen MR) is 215 cm³/mol. The highest BCUT2D eigenvalue weighted by atomic mass is 28.4. The summed E-state index contributed by atoms with van der Waals surface area (Å²) in [4.78, 5) is 0. The van der Waals surface area contributed by atoms with Gasteiger partial charge in [-0.2, -0.15) is 0 Å². The van der Waals surface area contributed by atoms with Gasteiger partial charge in [-0.05, 0) is 52.4 Å². The fraction of sp³-hybridized carbons (Fsp3) is 0.545. The van der Waals surface area contributed by atoms with Crippen LogP contribution in [0.25, 0.3) is 0 Å². The summed E-state index contributed by atoms with van der Waals surface area (Å²) in [6, 6.07) is 29.1. The van der Waals surface area contributed by atoms with Gasteiger partial charge in [0.2, 0.25) is 0 Å². The summed E-state index contributed by atoms with van der Waals surface area (Å²) in [5.74, 6) is 6.85. The summed E-state index contributed by atoms with van der Waals surface area (Å²) in [7, 11) is 2.13. The van der Waals surface area contributed by atoms with Gasteiger partial charge >= 0.3 is 0 Å². The zero-order valence-corrected chi connectivity index (χ0v) is 34.7. The van der Waals surface area contributed by atoms with Crippen LogP contribution in [-0.4, -0.2) is 79.9 Å². The van der Waals surface area contributed by atoms with Crippen molar-refractivity contribution in [2.75, 3.05) is 48.1 Å². The minimum absolute atomic E-state index is 0.0265. The highest BCUT2D eigenvalue weighted by molar-refractivity contribution is 6.99. The minimum atomic E-state index is -2.74. The molecule has 0 radical (unpaired) electrons. The van der Waals surface area contributed by atoms with Crippen molar-refractivity contribution in [2.45, 2.75) is 84.8 Å². The lowest BCUT2D eigenvalue weighted by molar-refractivity contribution is -0.122. The maximum Gasteiger partial charge on any atom is 0.261 e. The summed E-state index contributed by atoms with van der Waals surface area (Å²) in [6.45, 7) is 16.9. The Morgan fingerprint density at radius 1 is 0.698 bits per heavy atom. The Morgan fingerprint density at radius 2 is 1.25 bits per heavy atom. The molecule has 7 atom stereocenters. The minimum Gasteiger partial charge on any atom is -0.497 e. The quantitative estimate of drug-likeness (QED) is 0.0506. The molecule has 292 valence electrons. The molecule has 1 N–H and O–H groups in total. The monoisotopic (exact) mass is 748 g/mol. The third-order valence-corrected chi connectivity index (χ3v) is 15.0. The summed E-state index contributed by atoms with van der Waals surface area (Å²) >= 11 is 0. The third kappa shape index (κ3) is 12.8. The van der Waals surface area contributed by atoms with Gasteiger partial charge in [0.25, 0.3) is 8.32 Å². The van der Waals surface area contributed by atoms with Crippen LogP contribution in [0, 0.1) is 35.5 Å². The molecule has 9 heteroatoms. The molecule has 0 saturated carbocycles. The predicted octanol–water partition coefficient (Wildman–Crippen LogP) is 7.07. The Bertz CT molecular complexity index is 1450. The van der Waals surface area contributed by atoms with E-state index in [1.165, 1.54) is 10.4 Å². The molecule has 0 spiro atoms. The van der Waals surface area contributed by atoms with E-state index < -0.39 is 14.4 Å². The molecule has 0 amide bonds. The van der Waals surface area contributed by atoms with Crippen molar-refractivity contribution in [3.8, 4) is 17.6 Å². The number of hydrogen-bond acceptors (Lipinski definition) is 8. The van der Waals surface area contributed by atoms with E-state index in [4.69, 9.17) is 32.8 Å². The summed E-state index contributed by atoms with van der Waals surface area (Å²) in [5.41, 5.74) is 1.08. The molecule has 0 fully saturated rings. The van der Waals surface area contributed by atoms with Gasteiger partial charge in [-0.3, -0.25) is 0 Å². The van der Waals surface area contributed by atoms with Crippen molar-refractivity contribution in [1.82, 2.24) is 0 Å². The molecule has 3 rings (SSSR count). The molecule has 0 aliphatic rings. The number of aliphatic hydroxyl groups is 1. The van der Waals surface area contributed by atoms with Gasteiger partial charge in [0.05, 0.1) is 25.9 Å². The van der Waals surface area contributed by atoms with Gasteiger partial charge in [0.1, 0.15) is 25.4 Å². The van der Waals surface area contributed by atoms with Gasteiger partial charge in [0.15, 0.2) is 0 Å². The average Bonchev–Trinajstić information content (AvgIpc) is 3.16. The number of methoxy groups -OCH3 is 3. The van der Waals surface area contributed by atoms with Gasteiger partial charge in [-0.15, -0.1) is 0 Å². The normalized spacial score (nSPS) is 16.1. The lowest BCUT2D eigenvalue weighted by atomic mass is 9.87. The van der Waals surface area contributed by atoms with E-state index in [0.717, 1.165) is 17.7 Å². The topological polar surface area (TPSA) is 84.8 Å². The standard InChI is InChI=1S/C44H64O8Si/c1-33(21-26-41(45)36(4)43(51-32-47-9)34(2)27-28-49-30-37-22-24-38(48-10)25-23-37)42(50-31-46-8)35(3)29-52-53(44(5,6)7,39-17-13-11-14-18-39)40-19-15-12-16-20-40/h11-20,22-25,33-36,41-43,45H,27-32H2,1-10H3/t33-,34+,35+,36-,41-,42-,43+/m0/s1. The van der Waals surface area contributed by atoms with Crippen LogP contribution in [-0.2, 0) is 34.7 Å². The van der Waals surface area contributed by atoms with E-state index in [1.807, 2.05) is 38.1 Å². The van der Waals surface area contributed by atoms with Gasteiger partial charge in [-0.25, -0.2) is 0 Å².